The second-order valence-electron chi connectivity index (χ2n) is 6.68. The van der Waals surface area contributed by atoms with E-state index < -0.39 is 11.9 Å². The summed E-state index contributed by atoms with van der Waals surface area (Å²) in [6, 6.07) is 4.66. The van der Waals surface area contributed by atoms with Crippen molar-refractivity contribution in [2.45, 2.75) is 20.4 Å². The van der Waals surface area contributed by atoms with Crippen LogP contribution in [-0.4, -0.2) is 47.2 Å². The normalized spacial score (nSPS) is 13.7. The van der Waals surface area contributed by atoms with E-state index in [9.17, 15) is 9.18 Å². The summed E-state index contributed by atoms with van der Waals surface area (Å²) in [5.41, 5.74) is 3.06. The van der Waals surface area contributed by atoms with Crippen LogP contribution in [0.15, 0.2) is 29.8 Å². The molecule has 3 heterocycles. The molecule has 8 nitrogen and oxygen atoms in total. The zero-order chi connectivity index (χ0) is 21.1. The Morgan fingerprint density at radius 3 is 3.00 bits per heavy atom. The van der Waals surface area contributed by atoms with Gasteiger partial charge in [-0.1, -0.05) is 0 Å². The SMILES string of the molecule is CCOCCn1cc(Nc2nc(-c3ccc(N4CCOC4=O)cc3F)cs2)c(C)n1. The topological polar surface area (TPSA) is 81.5 Å². The molecule has 0 unspecified atom stereocenters. The minimum absolute atomic E-state index is 0.310. The number of carbonyl (C=O) groups is 1. The summed E-state index contributed by atoms with van der Waals surface area (Å²) in [6.07, 6.45) is 1.44. The quantitative estimate of drug-likeness (QED) is 0.539. The number of amides is 1. The molecule has 158 valence electrons. The predicted molar refractivity (Wildman–Crippen MR) is 113 cm³/mol. The molecule has 0 saturated carbocycles. The van der Waals surface area contributed by atoms with E-state index in [1.54, 1.807) is 17.5 Å². The highest BCUT2D eigenvalue weighted by atomic mass is 32.1. The zero-order valence-electron chi connectivity index (χ0n) is 16.7. The number of rotatable bonds is 8. The Hall–Kier alpha value is -2.98. The van der Waals surface area contributed by atoms with Gasteiger partial charge in [-0.25, -0.2) is 14.2 Å². The lowest BCUT2D eigenvalue weighted by molar-refractivity contribution is 0.136. The summed E-state index contributed by atoms with van der Waals surface area (Å²) < 4.78 is 26.8. The van der Waals surface area contributed by atoms with E-state index in [1.807, 2.05) is 24.7 Å². The Morgan fingerprint density at radius 2 is 2.27 bits per heavy atom. The summed E-state index contributed by atoms with van der Waals surface area (Å²) in [5, 5.41) is 10.1. The van der Waals surface area contributed by atoms with Gasteiger partial charge < -0.3 is 14.8 Å². The van der Waals surface area contributed by atoms with Crippen molar-refractivity contribution >= 4 is 33.9 Å². The van der Waals surface area contributed by atoms with Crippen molar-refractivity contribution in [3.8, 4) is 11.3 Å². The van der Waals surface area contributed by atoms with Crippen molar-refractivity contribution in [3.63, 3.8) is 0 Å². The molecular weight excluding hydrogens is 409 g/mol. The first kappa shape index (κ1) is 20.3. The standard InChI is InChI=1S/C20H22FN5O3S/c1-3-28-8-6-25-11-17(13(2)24-25)22-19-23-18(12-30-19)15-5-4-14(10-16(15)21)26-7-9-29-20(26)27/h4-5,10-12H,3,6-9H2,1-2H3,(H,22,23). The summed E-state index contributed by atoms with van der Waals surface area (Å²) in [7, 11) is 0. The highest BCUT2D eigenvalue weighted by Crippen LogP contribution is 2.31. The molecule has 1 amide bonds. The van der Waals surface area contributed by atoms with Crippen molar-refractivity contribution in [2.24, 2.45) is 0 Å². The number of aromatic nitrogens is 3. The van der Waals surface area contributed by atoms with Crippen molar-refractivity contribution in [2.75, 3.05) is 36.6 Å². The molecule has 2 aromatic heterocycles. The number of ether oxygens (including phenoxy) is 2. The zero-order valence-corrected chi connectivity index (χ0v) is 17.5. The Bertz CT molecular complexity index is 1050. The average Bonchev–Trinajstić information content (AvgIpc) is 3.44. The first-order valence-electron chi connectivity index (χ1n) is 9.63. The molecule has 0 radical (unpaired) electrons. The third kappa shape index (κ3) is 4.29. The Labute approximate surface area is 177 Å². The number of hydrogen-bond donors (Lipinski definition) is 1. The van der Waals surface area contributed by atoms with Crippen LogP contribution in [0, 0.1) is 12.7 Å². The second-order valence-corrected chi connectivity index (χ2v) is 7.54. The van der Waals surface area contributed by atoms with Crippen molar-refractivity contribution in [1.82, 2.24) is 14.8 Å². The first-order chi connectivity index (χ1) is 14.5. The molecule has 1 saturated heterocycles. The number of hydrogen-bond acceptors (Lipinski definition) is 7. The van der Waals surface area contributed by atoms with Crippen LogP contribution < -0.4 is 10.2 Å². The molecular formula is C20H22FN5O3S. The van der Waals surface area contributed by atoms with Crippen LogP contribution in [0.25, 0.3) is 11.3 Å². The lowest BCUT2D eigenvalue weighted by Gasteiger charge is -2.13. The van der Waals surface area contributed by atoms with Crippen molar-refractivity contribution < 1.29 is 18.7 Å². The molecule has 0 aliphatic carbocycles. The summed E-state index contributed by atoms with van der Waals surface area (Å²) in [4.78, 5) is 17.6. The van der Waals surface area contributed by atoms with E-state index in [1.165, 1.54) is 22.3 Å². The van der Waals surface area contributed by atoms with Crippen LogP contribution in [0.1, 0.15) is 12.6 Å². The van der Waals surface area contributed by atoms with Crippen LogP contribution in [0.4, 0.5) is 25.7 Å². The maximum absolute atomic E-state index is 14.7. The third-order valence-corrected chi connectivity index (χ3v) is 5.42. The minimum atomic E-state index is -0.459. The summed E-state index contributed by atoms with van der Waals surface area (Å²) in [5.74, 6) is -0.441. The number of aryl methyl sites for hydroxylation is 1. The van der Waals surface area contributed by atoms with Crippen molar-refractivity contribution in [1.29, 1.82) is 0 Å². The number of thiazole rings is 1. The molecule has 1 N–H and O–H groups in total. The fourth-order valence-electron chi connectivity index (χ4n) is 3.14. The number of anilines is 3. The third-order valence-electron chi connectivity index (χ3n) is 4.66. The molecule has 0 bridgehead atoms. The Kier molecular flexibility index (Phi) is 5.96. The van der Waals surface area contributed by atoms with Gasteiger partial charge in [0.15, 0.2) is 5.13 Å². The van der Waals surface area contributed by atoms with E-state index in [0.29, 0.717) is 55.0 Å². The van der Waals surface area contributed by atoms with Gasteiger partial charge in [-0.3, -0.25) is 9.58 Å². The van der Waals surface area contributed by atoms with Crippen molar-refractivity contribution in [3.05, 3.63) is 41.3 Å². The van der Waals surface area contributed by atoms with Gasteiger partial charge >= 0.3 is 6.09 Å². The van der Waals surface area contributed by atoms with E-state index in [-0.39, 0.29) is 0 Å². The molecule has 0 atom stereocenters. The number of nitrogens with one attached hydrogen (secondary N) is 1. The molecule has 4 rings (SSSR count). The molecule has 3 aromatic rings. The monoisotopic (exact) mass is 431 g/mol. The maximum atomic E-state index is 14.7. The van der Waals surface area contributed by atoms with Crippen LogP contribution >= 0.6 is 11.3 Å². The predicted octanol–water partition coefficient (Wildman–Crippen LogP) is 4.19. The molecule has 0 spiro atoms. The Morgan fingerprint density at radius 1 is 1.40 bits per heavy atom. The molecule has 10 heteroatoms. The van der Waals surface area contributed by atoms with Crippen LogP contribution in [0.2, 0.25) is 0 Å². The van der Waals surface area contributed by atoms with Gasteiger partial charge in [-0.05, 0) is 32.0 Å². The van der Waals surface area contributed by atoms with Crippen LogP contribution in [0.3, 0.4) is 0 Å². The largest absolute Gasteiger partial charge is 0.447 e. The number of carbonyl (C=O) groups excluding carboxylic acids is 1. The smallest absolute Gasteiger partial charge is 0.414 e. The van der Waals surface area contributed by atoms with Gasteiger partial charge in [0.1, 0.15) is 12.4 Å². The molecule has 1 fully saturated rings. The van der Waals surface area contributed by atoms with E-state index in [0.717, 1.165) is 11.4 Å². The fraction of sp³-hybridized carbons (Fsp3) is 0.350. The first-order valence-corrected chi connectivity index (χ1v) is 10.5. The number of benzene rings is 1. The van der Waals surface area contributed by atoms with E-state index >= 15 is 0 Å². The van der Waals surface area contributed by atoms with E-state index in [2.05, 4.69) is 15.4 Å². The van der Waals surface area contributed by atoms with E-state index in [4.69, 9.17) is 9.47 Å². The van der Waals surface area contributed by atoms with Gasteiger partial charge in [0.2, 0.25) is 0 Å². The highest BCUT2D eigenvalue weighted by Gasteiger charge is 2.24. The van der Waals surface area contributed by atoms with Gasteiger partial charge in [-0.2, -0.15) is 5.10 Å². The molecule has 1 aromatic carbocycles. The molecule has 1 aliphatic heterocycles. The molecule has 1 aliphatic rings. The minimum Gasteiger partial charge on any atom is -0.447 e. The lowest BCUT2D eigenvalue weighted by atomic mass is 10.1. The number of nitrogens with zero attached hydrogens (tertiary/aromatic N) is 4. The Balaban J connectivity index is 1.47. The summed E-state index contributed by atoms with van der Waals surface area (Å²) >= 11 is 1.38. The maximum Gasteiger partial charge on any atom is 0.414 e. The van der Waals surface area contributed by atoms with Gasteiger partial charge in [0, 0.05) is 23.7 Å². The average molecular weight is 431 g/mol. The fourth-order valence-corrected chi connectivity index (χ4v) is 3.86. The van der Waals surface area contributed by atoms with Gasteiger partial charge in [-0.15, -0.1) is 11.3 Å². The highest BCUT2D eigenvalue weighted by molar-refractivity contribution is 7.14. The number of cyclic esters (lactones) is 1. The van der Waals surface area contributed by atoms with Gasteiger partial charge in [0.25, 0.3) is 0 Å². The van der Waals surface area contributed by atoms with Gasteiger partial charge in [0.05, 0.1) is 42.5 Å². The second kappa shape index (κ2) is 8.80. The lowest BCUT2D eigenvalue weighted by Crippen LogP contribution is -2.23. The summed E-state index contributed by atoms with van der Waals surface area (Å²) in [6.45, 7) is 6.54. The molecule has 30 heavy (non-hydrogen) atoms. The van der Waals surface area contributed by atoms with Crippen LogP contribution in [-0.2, 0) is 16.0 Å². The van der Waals surface area contributed by atoms with Crippen LogP contribution in [0.5, 0.6) is 0 Å². The number of halogens is 1.